The van der Waals surface area contributed by atoms with E-state index in [4.69, 9.17) is 5.73 Å². The quantitative estimate of drug-likeness (QED) is 0.514. The Balaban J connectivity index is 1.95. The summed E-state index contributed by atoms with van der Waals surface area (Å²) in [6, 6.07) is 5.95. The molecule has 0 bridgehead atoms. The van der Waals surface area contributed by atoms with Gasteiger partial charge in [0.15, 0.2) is 0 Å². The van der Waals surface area contributed by atoms with E-state index in [-0.39, 0.29) is 11.9 Å². The van der Waals surface area contributed by atoms with Crippen molar-refractivity contribution in [1.29, 1.82) is 0 Å². The molecule has 0 aliphatic heterocycles. The molecule has 0 fully saturated rings. The number of benzene rings is 1. The molecule has 0 aliphatic carbocycles. The van der Waals surface area contributed by atoms with Gasteiger partial charge < -0.3 is 5.73 Å². The van der Waals surface area contributed by atoms with Crippen molar-refractivity contribution in [2.45, 2.75) is 40.5 Å². The minimum Gasteiger partial charge on any atom is -0.383 e. The Kier molecular flexibility index (Phi) is 4.98. The number of hydrogen-bond acceptors (Lipinski definition) is 6. The summed E-state index contributed by atoms with van der Waals surface area (Å²) in [5.74, 6) is 0.488. The SMILES string of the molecule is CCCc1nc(NNC(=O)C(C)(C)C)nc(N)c1-c1ccc2[nH]ncc2c1. The highest BCUT2D eigenvalue weighted by molar-refractivity contribution is 5.87. The van der Waals surface area contributed by atoms with Gasteiger partial charge in [0.05, 0.1) is 17.4 Å². The molecule has 3 aromatic rings. The number of rotatable bonds is 5. The van der Waals surface area contributed by atoms with Crippen molar-refractivity contribution in [3.8, 4) is 11.1 Å². The molecule has 0 unspecified atom stereocenters. The lowest BCUT2D eigenvalue weighted by Crippen LogP contribution is -2.39. The lowest BCUT2D eigenvalue weighted by Gasteiger charge is -2.19. The van der Waals surface area contributed by atoms with Crippen LogP contribution >= 0.6 is 0 Å². The molecule has 8 nitrogen and oxygen atoms in total. The fourth-order valence-corrected chi connectivity index (χ4v) is 2.71. The molecule has 1 amide bonds. The molecule has 0 spiro atoms. The van der Waals surface area contributed by atoms with Crippen molar-refractivity contribution < 1.29 is 4.79 Å². The molecular formula is C19H25N7O. The molecule has 3 rings (SSSR count). The van der Waals surface area contributed by atoms with Crippen LogP contribution in [0.25, 0.3) is 22.0 Å². The molecule has 8 heteroatoms. The Hall–Kier alpha value is -3.16. The van der Waals surface area contributed by atoms with Crippen LogP contribution in [0, 0.1) is 5.41 Å². The van der Waals surface area contributed by atoms with Crippen LogP contribution in [0.15, 0.2) is 24.4 Å². The highest BCUT2D eigenvalue weighted by atomic mass is 16.2. The lowest BCUT2D eigenvalue weighted by molar-refractivity contribution is -0.127. The van der Waals surface area contributed by atoms with Gasteiger partial charge in [0, 0.05) is 16.4 Å². The van der Waals surface area contributed by atoms with Crippen LogP contribution in [0.1, 0.15) is 39.8 Å². The highest BCUT2D eigenvalue weighted by Crippen LogP contribution is 2.31. The minimum atomic E-state index is -0.523. The Morgan fingerprint density at radius 2 is 2.04 bits per heavy atom. The third kappa shape index (κ3) is 3.99. The van der Waals surface area contributed by atoms with Crippen molar-refractivity contribution >= 4 is 28.6 Å². The molecule has 0 saturated heterocycles. The van der Waals surface area contributed by atoms with Crippen molar-refractivity contribution in [3.63, 3.8) is 0 Å². The van der Waals surface area contributed by atoms with Gasteiger partial charge in [-0.15, -0.1) is 0 Å². The van der Waals surface area contributed by atoms with E-state index in [1.807, 2.05) is 39.0 Å². The number of anilines is 2. The molecule has 142 valence electrons. The van der Waals surface area contributed by atoms with Gasteiger partial charge in [-0.2, -0.15) is 10.1 Å². The van der Waals surface area contributed by atoms with Crippen LogP contribution < -0.4 is 16.6 Å². The summed E-state index contributed by atoms with van der Waals surface area (Å²) in [6.07, 6.45) is 3.42. The number of amides is 1. The van der Waals surface area contributed by atoms with Gasteiger partial charge in [-0.1, -0.05) is 40.2 Å². The Morgan fingerprint density at radius 1 is 1.26 bits per heavy atom. The zero-order chi connectivity index (χ0) is 19.6. The topological polar surface area (TPSA) is 122 Å². The Bertz CT molecular complexity index is 972. The number of carbonyl (C=O) groups excluding carboxylic acids is 1. The average molecular weight is 367 g/mol. The molecule has 2 aromatic heterocycles. The van der Waals surface area contributed by atoms with Crippen molar-refractivity contribution in [2.24, 2.45) is 5.41 Å². The van der Waals surface area contributed by atoms with E-state index in [0.717, 1.165) is 40.6 Å². The zero-order valence-corrected chi connectivity index (χ0v) is 16.1. The number of nitrogen functional groups attached to an aromatic ring is 1. The maximum atomic E-state index is 12.1. The van der Waals surface area contributed by atoms with Crippen molar-refractivity contribution in [2.75, 3.05) is 11.2 Å². The molecule has 2 heterocycles. The number of aromatic nitrogens is 4. The van der Waals surface area contributed by atoms with Gasteiger partial charge in [0.25, 0.3) is 0 Å². The summed E-state index contributed by atoms with van der Waals surface area (Å²) in [5.41, 5.74) is 14.7. The number of aryl methyl sites for hydroxylation is 1. The van der Waals surface area contributed by atoms with E-state index in [1.165, 1.54) is 0 Å². The van der Waals surface area contributed by atoms with Gasteiger partial charge in [-0.05, 0) is 24.1 Å². The largest absolute Gasteiger partial charge is 0.383 e. The second kappa shape index (κ2) is 7.22. The summed E-state index contributed by atoms with van der Waals surface area (Å²) in [6.45, 7) is 7.57. The van der Waals surface area contributed by atoms with Gasteiger partial charge in [0.2, 0.25) is 11.9 Å². The maximum absolute atomic E-state index is 12.1. The van der Waals surface area contributed by atoms with Crippen molar-refractivity contribution in [1.82, 2.24) is 25.6 Å². The number of nitrogens with one attached hydrogen (secondary N) is 3. The normalized spacial score (nSPS) is 11.6. The average Bonchev–Trinajstić information content (AvgIpc) is 3.06. The first-order valence-corrected chi connectivity index (χ1v) is 8.96. The minimum absolute atomic E-state index is 0.156. The molecule has 0 aliphatic rings. The van der Waals surface area contributed by atoms with Crippen LogP contribution in [-0.2, 0) is 11.2 Å². The van der Waals surface area contributed by atoms with E-state index in [0.29, 0.717) is 5.82 Å². The first kappa shape index (κ1) is 18.6. The molecule has 27 heavy (non-hydrogen) atoms. The summed E-state index contributed by atoms with van der Waals surface area (Å²) in [7, 11) is 0. The number of carbonyl (C=O) groups is 1. The lowest BCUT2D eigenvalue weighted by atomic mass is 9.96. The Morgan fingerprint density at radius 3 is 2.74 bits per heavy atom. The number of hydrazine groups is 1. The molecule has 0 saturated carbocycles. The number of hydrogen-bond donors (Lipinski definition) is 4. The number of nitrogens with two attached hydrogens (primary N) is 1. The third-order valence-corrected chi connectivity index (χ3v) is 4.20. The summed E-state index contributed by atoms with van der Waals surface area (Å²) in [5, 5.41) is 7.99. The maximum Gasteiger partial charge on any atom is 0.244 e. The smallest absolute Gasteiger partial charge is 0.244 e. The molecule has 0 atom stereocenters. The van der Waals surface area contributed by atoms with E-state index < -0.39 is 5.41 Å². The van der Waals surface area contributed by atoms with Crippen LogP contribution in [0.4, 0.5) is 11.8 Å². The number of nitrogens with zero attached hydrogens (tertiary/aromatic N) is 3. The summed E-state index contributed by atoms with van der Waals surface area (Å²) < 4.78 is 0. The van der Waals surface area contributed by atoms with Gasteiger partial charge >= 0.3 is 0 Å². The number of aromatic amines is 1. The Labute approximate surface area is 157 Å². The monoisotopic (exact) mass is 367 g/mol. The number of fused-ring (bicyclic) bond motifs is 1. The van der Waals surface area contributed by atoms with E-state index >= 15 is 0 Å². The summed E-state index contributed by atoms with van der Waals surface area (Å²) in [4.78, 5) is 21.0. The second-order valence-corrected chi connectivity index (χ2v) is 7.51. The molecular weight excluding hydrogens is 342 g/mol. The van der Waals surface area contributed by atoms with E-state index in [2.05, 4.69) is 37.9 Å². The van der Waals surface area contributed by atoms with Crippen LogP contribution in [0.3, 0.4) is 0 Å². The van der Waals surface area contributed by atoms with Gasteiger partial charge in [0.1, 0.15) is 5.82 Å². The van der Waals surface area contributed by atoms with E-state index in [9.17, 15) is 4.79 Å². The zero-order valence-electron chi connectivity index (χ0n) is 16.1. The molecule has 1 aromatic carbocycles. The predicted octanol–water partition coefficient (Wildman–Crippen LogP) is 3.04. The van der Waals surface area contributed by atoms with Crippen LogP contribution in [-0.4, -0.2) is 26.1 Å². The summed E-state index contributed by atoms with van der Waals surface area (Å²) >= 11 is 0. The number of H-pyrrole nitrogens is 1. The predicted molar refractivity (Wildman–Crippen MR) is 107 cm³/mol. The first-order valence-electron chi connectivity index (χ1n) is 8.96. The first-order chi connectivity index (χ1) is 12.8. The molecule has 5 N–H and O–H groups in total. The fraction of sp³-hybridized carbons (Fsp3) is 0.368. The third-order valence-electron chi connectivity index (χ3n) is 4.20. The van der Waals surface area contributed by atoms with Gasteiger partial charge in [-0.3, -0.25) is 20.7 Å². The molecule has 0 radical (unpaired) electrons. The fourth-order valence-electron chi connectivity index (χ4n) is 2.71. The van der Waals surface area contributed by atoms with Crippen LogP contribution in [0.2, 0.25) is 0 Å². The standard InChI is InChI=1S/C19H25N7O/c1-5-6-14-15(11-7-8-13-12(9-11)10-21-24-13)16(20)23-18(22-14)26-25-17(27)19(2,3)4/h7-10H,5-6H2,1-4H3,(H,21,24)(H,25,27)(H3,20,22,23,26). The second-order valence-electron chi connectivity index (χ2n) is 7.51. The van der Waals surface area contributed by atoms with E-state index in [1.54, 1.807) is 6.20 Å². The van der Waals surface area contributed by atoms with Crippen LogP contribution in [0.5, 0.6) is 0 Å². The highest BCUT2D eigenvalue weighted by Gasteiger charge is 2.21. The van der Waals surface area contributed by atoms with Crippen molar-refractivity contribution in [3.05, 3.63) is 30.1 Å². The van der Waals surface area contributed by atoms with Gasteiger partial charge in [-0.25, -0.2) is 4.98 Å².